The molecule has 2 rings (SSSR count). The maximum Gasteiger partial charge on any atom is 0.258 e. The van der Waals surface area contributed by atoms with Gasteiger partial charge in [0.1, 0.15) is 11.8 Å². The summed E-state index contributed by atoms with van der Waals surface area (Å²) in [6.07, 6.45) is 1.49. The first kappa shape index (κ1) is 15.0. The summed E-state index contributed by atoms with van der Waals surface area (Å²) in [7, 11) is 0. The highest BCUT2D eigenvalue weighted by molar-refractivity contribution is 6.01. The van der Waals surface area contributed by atoms with E-state index in [9.17, 15) is 14.4 Å². The van der Waals surface area contributed by atoms with Crippen molar-refractivity contribution in [2.45, 2.75) is 32.2 Å². The number of nitrogens with one attached hydrogen (secondary N) is 2. The Labute approximate surface area is 122 Å². The molecule has 6 nitrogen and oxygen atoms in total. The zero-order valence-corrected chi connectivity index (χ0v) is 11.8. The number of hydrogen-bond donors (Lipinski definition) is 2. The minimum Gasteiger partial charge on any atom is -0.484 e. The Morgan fingerprint density at radius 2 is 2.05 bits per heavy atom. The summed E-state index contributed by atoms with van der Waals surface area (Å²) < 4.78 is 5.35. The second kappa shape index (κ2) is 6.88. The highest BCUT2D eigenvalue weighted by Crippen LogP contribution is 2.12. The molecule has 1 aromatic rings. The molecule has 6 heteroatoms. The van der Waals surface area contributed by atoms with Crippen molar-refractivity contribution in [2.24, 2.45) is 0 Å². The average Bonchev–Trinajstić information content (AvgIpc) is 2.48. The van der Waals surface area contributed by atoms with Gasteiger partial charge in [-0.2, -0.15) is 0 Å². The fraction of sp³-hybridized carbons (Fsp3) is 0.400. The predicted octanol–water partition coefficient (Wildman–Crippen LogP) is 0.549. The molecule has 1 aliphatic rings. The molecule has 1 atom stereocenters. The van der Waals surface area contributed by atoms with E-state index in [1.54, 1.807) is 12.1 Å². The van der Waals surface area contributed by atoms with E-state index in [1.807, 2.05) is 12.1 Å². The van der Waals surface area contributed by atoms with E-state index in [-0.39, 0.29) is 24.8 Å². The lowest BCUT2D eigenvalue weighted by atomic mass is 10.1. The highest BCUT2D eigenvalue weighted by atomic mass is 16.5. The Balaban J connectivity index is 1.79. The molecule has 0 aromatic heterocycles. The lowest BCUT2D eigenvalue weighted by molar-refractivity contribution is -0.137. The third-order valence-electron chi connectivity index (χ3n) is 3.28. The number of ether oxygens (including phenoxy) is 1. The lowest BCUT2D eigenvalue weighted by Gasteiger charge is -2.21. The zero-order valence-electron chi connectivity index (χ0n) is 11.8. The molecule has 0 bridgehead atoms. The van der Waals surface area contributed by atoms with Gasteiger partial charge in [0.2, 0.25) is 11.8 Å². The number of rotatable bonds is 5. The Kier molecular flexibility index (Phi) is 4.92. The molecule has 0 saturated carbocycles. The lowest BCUT2D eigenvalue weighted by Crippen LogP contribution is -2.53. The van der Waals surface area contributed by atoms with Crippen molar-refractivity contribution in [3.8, 4) is 5.75 Å². The van der Waals surface area contributed by atoms with Crippen LogP contribution >= 0.6 is 0 Å². The molecule has 1 aromatic carbocycles. The van der Waals surface area contributed by atoms with E-state index in [2.05, 4.69) is 17.6 Å². The second-order valence-corrected chi connectivity index (χ2v) is 4.86. The van der Waals surface area contributed by atoms with Gasteiger partial charge in [-0.05, 0) is 30.5 Å². The molecule has 0 aliphatic carbocycles. The van der Waals surface area contributed by atoms with E-state index in [0.717, 1.165) is 6.42 Å². The van der Waals surface area contributed by atoms with E-state index < -0.39 is 11.9 Å². The topological polar surface area (TPSA) is 84.5 Å². The normalized spacial score (nSPS) is 18.0. The van der Waals surface area contributed by atoms with Crippen molar-refractivity contribution < 1.29 is 19.1 Å². The average molecular weight is 290 g/mol. The first-order valence-electron chi connectivity index (χ1n) is 6.93. The van der Waals surface area contributed by atoms with Gasteiger partial charge in [-0.1, -0.05) is 19.1 Å². The van der Waals surface area contributed by atoms with Gasteiger partial charge in [0.25, 0.3) is 5.91 Å². The van der Waals surface area contributed by atoms with Crippen LogP contribution in [0.15, 0.2) is 24.3 Å². The van der Waals surface area contributed by atoms with Crippen LogP contribution in [0.1, 0.15) is 25.3 Å². The third-order valence-corrected chi connectivity index (χ3v) is 3.28. The maximum absolute atomic E-state index is 11.7. The Bertz CT molecular complexity index is 539. The standard InChI is InChI=1S/C15H18N2O4/c1-2-10-3-5-11(6-4-10)21-9-14(19)16-12-7-8-13(18)17-15(12)20/h3-6,12H,2,7-9H2,1H3,(H,16,19)(H,17,18,20). The number of benzene rings is 1. The van der Waals surface area contributed by atoms with Crippen molar-refractivity contribution in [1.82, 2.24) is 10.6 Å². The molecule has 3 amide bonds. The fourth-order valence-corrected chi connectivity index (χ4v) is 2.04. The van der Waals surface area contributed by atoms with Crippen molar-refractivity contribution in [1.29, 1.82) is 0 Å². The molecule has 21 heavy (non-hydrogen) atoms. The zero-order chi connectivity index (χ0) is 15.2. The molecule has 2 N–H and O–H groups in total. The Morgan fingerprint density at radius 3 is 2.67 bits per heavy atom. The van der Waals surface area contributed by atoms with Gasteiger partial charge >= 0.3 is 0 Å². The van der Waals surface area contributed by atoms with Gasteiger partial charge in [-0.25, -0.2) is 0 Å². The first-order chi connectivity index (χ1) is 10.1. The summed E-state index contributed by atoms with van der Waals surface area (Å²) in [5.41, 5.74) is 1.19. The molecule has 0 radical (unpaired) electrons. The first-order valence-corrected chi connectivity index (χ1v) is 6.93. The highest BCUT2D eigenvalue weighted by Gasteiger charge is 2.27. The van der Waals surface area contributed by atoms with Crippen LogP contribution in [-0.2, 0) is 20.8 Å². The largest absolute Gasteiger partial charge is 0.484 e. The quantitative estimate of drug-likeness (QED) is 0.776. The fourth-order valence-electron chi connectivity index (χ4n) is 2.04. The Morgan fingerprint density at radius 1 is 1.33 bits per heavy atom. The number of carbonyl (C=O) groups is 3. The number of carbonyl (C=O) groups excluding carboxylic acids is 3. The van der Waals surface area contributed by atoms with Crippen molar-refractivity contribution in [2.75, 3.05) is 6.61 Å². The van der Waals surface area contributed by atoms with Gasteiger partial charge in [-0.3, -0.25) is 19.7 Å². The molecular weight excluding hydrogens is 272 g/mol. The molecule has 1 fully saturated rings. The SMILES string of the molecule is CCc1ccc(OCC(=O)NC2CCC(=O)NC2=O)cc1. The molecular formula is C15H18N2O4. The maximum atomic E-state index is 11.7. The Hall–Kier alpha value is -2.37. The van der Waals surface area contributed by atoms with E-state index >= 15 is 0 Å². The van der Waals surface area contributed by atoms with Crippen LogP contribution in [0.5, 0.6) is 5.75 Å². The second-order valence-electron chi connectivity index (χ2n) is 4.86. The van der Waals surface area contributed by atoms with Crippen LogP contribution in [0.25, 0.3) is 0 Å². The van der Waals surface area contributed by atoms with E-state index in [1.165, 1.54) is 5.56 Å². The summed E-state index contributed by atoms with van der Waals surface area (Å²) in [5, 5.41) is 4.74. The molecule has 1 saturated heterocycles. The summed E-state index contributed by atoms with van der Waals surface area (Å²) >= 11 is 0. The van der Waals surface area contributed by atoms with Gasteiger partial charge in [0.15, 0.2) is 6.61 Å². The van der Waals surface area contributed by atoms with Crippen LogP contribution in [0.3, 0.4) is 0 Å². The van der Waals surface area contributed by atoms with Crippen LogP contribution in [-0.4, -0.2) is 30.4 Å². The van der Waals surface area contributed by atoms with E-state index in [4.69, 9.17) is 4.74 Å². The molecule has 1 heterocycles. The summed E-state index contributed by atoms with van der Waals surface area (Å²) in [5.74, 6) is -0.556. The monoisotopic (exact) mass is 290 g/mol. The predicted molar refractivity (Wildman–Crippen MR) is 75.6 cm³/mol. The van der Waals surface area contributed by atoms with Crippen molar-refractivity contribution in [3.05, 3.63) is 29.8 Å². The molecule has 112 valence electrons. The van der Waals surface area contributed by atoms with Gasteiger partial charge in [0.05, 0.1) is 0 Å². The van der Waals surface area contributed by atoms with Gasteiger partial charge in [-0.15, -0.1) is 0 Å². The van der Waals surface area contributed by atoms with Gasteiger partial charge in [0, 0.05) is 6.42 Å². The number of imide groups is 1. The summed E-state index contributed by atoms with van der Waals surface area (Å²) in [6.45, 7) is 1.90. The van der Waals surface area contributed by atoms with Crippen molar-refractivity contribution >= 4 is 17.7 Å². The van der Waals surface area contributed by atoms with Crippen LogP contribution in [0.4, 0.5) is 0 Å². The molecule has 0 spiro atoms. The minimum absolute atomic E-state index is 0.163. The third kappa shape index (κ3) is 4.30. The summed E-state index contributed by atoms with van der Waals surface area (Å²) in [4.78, 5) is 34.2. The minimum atomic E-state index is -0.665. The smallest absolute Gasteiger partial charge is 0.258 e. The van der Waals surface area contributed by atoms with Gasteiger partial charge < -0.3 is 10.1 Å². The molecule has 1 unspecified atom stereocenters. The number of amides is 3. The number of piperidine rings is 1. The number of hydrogen-bond acceptors (Lipinski definition) is 4. The number of aryl methyl sites for hydroxylation is 1. The molecule has 1 aliphatic heterocycles. The summed E-state index contributed by atoms with van der Waals surface area (Å²) in [6, 6.07) is 6.82. The van der Waals surface area contributed by atoms with E-state index in [0.29, 0.717) is 12.2 Å². The van der Waals surface area contributed by atoms with Crippen LogP contribution in [0.2, 0.25) is 0 Å². The van der Waals surface area contributed by atoms with Crippen molar-refractivity contribution in [3.63, 3.8) is 0 Å². The van der Waals surface area contributed by atoms with Crippen LogP contribution in [0, 0.1) is 0 Å². The van der Waals surface area contributed by atoms with Crippen LogP contribution < -0.4 is 15.4 Å².